The van der Waals surface area contributed by atoms with Gasteiger partial charge in [-0.05, 0) is 34.1 Å². The molecule has 1 aromatic rings. The van der Waals surface area contributed by atoms with Gasteiger partial charge in [0.15, 0.2) is 6.29 Å². The Kier molecular flexibility index (Phi) is 5.46. The molecule has 1 aromatic heterocycles. The van der Waals surface area contributed by atoms with Crippen LogP contribution in [0.1, 0.15) is 52.5 Å². The highest BCUT2D eigenvalue weighted by atomic mass is 16.2. The number of hydrogen-bond donors (Lipinski definition) is 4. The van der Waals surface area contributed by atoms with E-state index in [9.17, 15) is 14.4 Å². The zero-order valence-corrected chi connectivity index (χ0v) is 15.3. The van der Waals surface area contributed by atoms with E-state index in [1.165, 1.54) is 4.68 Å². The average molecular weight is 350 g/mol. The molecule has 0 radical (unpaired) electrons. The van der Waals surface area contributed by atoms with Crippen molar-refractivity contribution in [3.63, 3.8) is 0 Å². The molecule has 9 nitrogen and oxygen atoms in total. The van der Waals surface area contributed by atoms with Crippen LogP contribution in [0.5, 0.6) is 0 Å². The maximum Gasteiger partial charge on any atom is 0.314 e. The molecule has 1 aliphatic heterocycles. The van der Waals surface area contributed by atoms with E-state index in [-0.39, 0.29) is 11.9 Å². The van der Waals surface area contributed by atoms with Crippen molar-refractivity contribution in [3.05, 3.63) is 11.8 Å². The summed E-state index contributed by atoms with van der Waals surface area (Å²) in [5.74, 6) is -1.28. The molecule has 0 bridgehead atoms. The molecule has 4 N–H and O–H groups in total. The second-order valence-electron chi connectivity index (χ2n) is 7.22. The molecule has 0 saturated carbocycles. The molecule has 0 aromatic carbocycles. The third-order valence-corrected chi connectivity index (χ3v) is 3.65. The van der Waals surface area contributed by atoms with Gasteiger partial charge in [0.2, 0.25) is 5.91 Å². The Morgan fingerprint density at radius 2 is 2.04 bits per heavy atom. The third kappa shape index (κ3) is 5.02. The highest BCUT2D eigenvalue weighted by Crippen LogP contribution is 2.18. The summed E-state index contributed by atoms with van der Waals surface area (Å²) in [6.45, 7) is 9.13. The summed E-state index contributed by atoms with van der Waals surface area (Å²) < 4.78 is 1.47. The van der Waals surface area contributed by atoms with Gasteiger partial charge < -0.3 is 16.0 Å². The van der Waals surface area contributed by atoms with E-state index in [0.717, 1.165) is 6.42 Å². The first kappa shape index (κ1) is 18.9. The van der Waals surface area contributed by atoms with Crippen LogP contribution in [0.25, 0.3) is 0 Å². The molecule has 2 rings (SSSR count). The molecular weight excluding hydrogens is 324 g/mol. The second-order valence-corrected chi connectivity index (χ2v) is 7.22. The number of anilines is 1. The lowest BCUT2D eigenvalue weighted by Gasteiger charge is -2.31. The van der Waals surface area contributed by atoms with Gasteiger partial charge in [-0.2, -0.15) is 5.10 Å². The first-order valence-corrected chi connectivity index (χ1v) is 8.34. The summed E-state index contributed by atoms with van der Waals surface area (Å²) in [5.41, 5.74) is 0.138. The Morgan fingerprint density at radius 3 is 2.64 bits per heavy atom. The largest absolute Gasteiger partial charge is 0.343 e. The van der Waals surface area contributed by atoms with Gasteiger partial charge >= 0.3 is 11.8 Å². The van der Waals surface area contributed by atoms with Gasteiger partial charge in [0, 0.05) is 24.1 Å². The van der Waals surface area contributed by atoms with E-state index in [1.807, 2.05) is 6.92 Å². The summed E-state index contributed by atoms with van der Waals surface area (Å²) in [5, 5.41) is 15.5. The molecule has 0 spiro atoms. The van der Waals surface area contributed by atoms with Gasteiger partial charge in [-0.15, -0.1) is 0 Å². The number of amides is 3. The maximum absolute atomic E-state index is 12.1. The Balaban J connectivity index is 2.16. The number of aryl methyl sites for hydroxylation is 1. The van der Waals surface area contributed by atoms with Crippen molar-refractivity contribution in [1.29, 1.82) is 0 Å². The number of aromatic nitrogens is 2. The van der Waals surface area contributed by atoms with E-state index < -0.39 is 23.6 Å². The highest BCUT2D eigenvalue weighted by molar-refractivity contribution is 6.39. The number of rotatable bonds is 3. The van der Waals surface area contributed by atoms with Crippen LogP contribution in [0.4, 0.5) is 5.82 Å². The fourth-order valence-electron chi connectivity index (χ4n) is 2.53. The normalized spacial score (nSPS) is 20.8. The Hall–Kier alpha value is -2.42. The van der Waals surface area contributed by atoms with E-state index in [1.54, 1.807) is 33.8 Å². The van der Waals surface area contributed by atoms with Crippen LogP contribution in [0.15, 0.2) is 6.07 Å². The number of hydrogen-bond acceptors (Lipinski definition) is 5. The molecule has 2 unspecified atom stereocenters. The minimum atomic E-state index is -0.787. The fourth-order valence-corrected chi connectivity index (χ4v) is 2.53. The van der Waals surface area contributed by atoms with Crippen molar-refractivity contribution in [3.8, 4) is 0 Å². The molecule has 0 aliphatic carbocycles. The van der Waals surface area contributed by atoms with E-state index in [2.05, 4.69) is 26.4 Å². The van der Waals surface area contributed by atoms with Crippen molar-refractivity contribution >= 4 is 23.5 Å². The van der Waals surface area contributed by atoms with Crippen LogP contribution >= 0.6 is 0 Å². The van der Waals surface area contributed by atoms with Crippen molar-refractivity contribution in [2.75, 3.05) is 5.32 Å². The van der Waals surface area contributed by atoms with Gasteiger partial charge in [-0.1, -0.05) is 6.92 Å². The van der Waals surface area contributed by atoms with Gasteiger partial charge in [0.05, 0.1) is 5.69 Å². The molecule has 1 fully saturated rings. The molecule has 3 amide bonds. The number of nitrogens with one attached hydrogen (secondary N) is 4. The topological polar surface area (TPSA) is 117 Å². The molecule has 25 heavy (non-hydrogen) atoms. The van der Waals surface area contributed by atoms with Gasteiger partial charge in [0.25, 0.3) is 0 Å². The van der Waals surface area contributed by atoms with Crippen LogP contribution in [0.3, 0.4) is 0 Å². The fraction of sp³-hybridized carbons (Fsp3) is 0.625. The summed E-state index contributed by atoms with van der Waals surface area (Å²) in [6, 6.07) is 1.67. The summed E-state index contributed by atoms with van der Waals surface area (Å²) in [6.07, 6.45) is 0.601. The van der Waals surface area contributed by atoms with E-state index >= 15 is 0 Å². The third-order valence-electron chi connectivity index (χ3n) is 3.65. The number of nitrogens with zero attached hydrogens (tertiary/aromatic N) is 2. The van der Waals surface area contributed by atoms with Crippen LogP contribution < -0.4 is 21.3 Å². The molecule has 1 aliphatic rings. The molecular formula is C16H26N6O3. The van der Waals surface area contributed by atoms with Crippen molar-refractivity contribution in [2.24, 2.45) is 0 Å². The average Bonchev–Trinajstić information content (AvgIpc) is 2.85. The zero-order chi connectivity index (χ0) is 18.8. The first-order valence-electron chi connectivity index (χ1n) is 8.34. The molecule has 2 heterocycles. The zero-order valence-electron chi connectivity index (χ0n) is 15.3. The smallest absolute Gasteiger partial charge is 0.314 e. The first-order chi connectivity index (χ1) is 11.6. The monoisotopic (exact) mass is 350 g/mol. The molecule has 1 saturated heterocycles. The van der Waals surface area contributed by atoms with Crippen LogP contribution in [0.2, 0.25) is 0 Å². The minimum absolute atomic E-state index is 0.0241. The van der Waals surface area contributed by atoms with Gasteiger partial charge in [0.1, 0.15) is 5.82 Å². The lowest BCUT2D eigenvalue weighted by molar-refractivity contribution is -0.137. The lowest BCUT2D eigenvalue weighted by Crippen LogP contribution is -2.53. The number of carbonyl (C=O) groups is 3. The van der Waals surface area contributed by atoms with E-state index in [4.69, 9.17) is 0 Å². The van der Waals surface area contributed by atoms with Gasteiger partial charge in [-0.25, -0.2) is 4.68 Å². The SMILES string of the molecule is CCC1CC(=O)NC(n2nc(C)cc2NC(=O)C(=O)NC(C)(C)C)N1. The maximum atomic E-state index is 12.1. The minimum Gasteiger partial charge on any atom is -0.343 e. The quantitative estimate of drug-likeness (QED) is 0.588. The molecule has 2 atom stereocenters. The summed E-state index contributed by atoms with van der Waals surface area (Å²) in [4.78, 5) is 36.0. The lowest BCUT2D eigenvalue weighted by atomic mass is 10.1. The molecule has 9 heteroatoms. The van der Waals surface area contributed by atoms with Crippen molar-refractivity contribution in [1.82, 2.24) is 25.7 Å². The number of carbonyl (C=O) groups excluding carboxylic acids is 3. The Morgan fingerprint density at radius 1 is 1.36 bits per heavy atom. The predicted molar refractivity (Wildman–Crippen MR) is 92.5 cm³/mol. The van der Waals surface area contributed by atoms with E-state index in [0.29, 0.717) is 17.9 Å². The predicted octanol–water partition coefficient (Wildman–Crippen LogP) is 0.389. The Bertz CT molecular complexity index is 676. The standard InChI is InChI=1S/C16H26N6O3/c1-6-10-8-12(23)19-15(17-10)22-11(7-9(2)21-22)18-13(24)14(25)20-16(3,4)5/h7,10,15,17H,6,8H2,1-5H3,(H,18,24)(H,19,23)(H,20,25). The van der Waals surface area contributed by atoms with Crippen LogP contribution in [0, 0.1) is 6.92 Å². The van der Waals surface area contributed by atoms with Crippen LogP contribution in [-0.4, -0.2) is 39.1 Å². The summed E-state index contributed by atoms with van der Waals surface area (Å²) >= 11 is 0. The summed E-state index contributed by atoms with van der Waals surface area (Å²) in [7, 11) is 0. The van der Waals surface area contributed by atoms with Crippen molar-refractivity contribution in [2.45, 2.75) is 65.3 Å². The second kappa shape index (κ2) is 7.22. The van der Waals surface area contributed by atoms with Crippen molar-refractivity contribution < 1.29 is 14.4 Å². The molecule has 138 valence electrons. The van der Waals surface area contributed by atoms with Crippen LogP contribution in [-0.2, 0) is 14.4 Å². The highest BCUT2D eigenvalue weighted by Gasteiger charge is 2.29. The Labute approximate surface area is 146 Å². The van der Waals surface area contributed by atoms with Gasteiger partial charge in [-0.3, -0.25) is 19.7 Å².